The van der Waals surface area contributed by atoms with E-state index in [2.05, 4.69) is 5.32 Å². The van der Waals surface area contributed by atoms with Gasteiger partial charge in [-0.3, -0.25) is 0 Å². The molecule has 82 valence electrons. The van der Waals surface area contributed by atoms with Gasteiger partial charge in [-0.25, -0.2) is 0 Å². The Morgan fingerprint density at radius 3 is 2.80 bits per heavy atom. The van der Waals surface area contributed by atoms with E-state index in [1.54, 1.807) is 7.11 Å². The zero-order chi connectivity index (χ0) is 10.5. The number of ether oxygens (including phenoxy) is 2. The highest BCUT2D eigenvalue weighted by atomic mass is 16.5. The first-order valence-corrected chi connectivity index (χ1v) is 5.36. The van der Waals surface area contributed by atoms with Gasteiger partial charge in [-0.2, -0.15) is 0 Å². The Morgan fingerprint density at radius 1 is 1.33 bits per heavy atom. The Balaban J connectivity index is 1.91. The largest absolute Gasteiger partial charge is 0.493 e. The van der Waals surface area contributed by atoms with Crippen LogP contribution in [0.15, 0.2) is 24.3 Å². The van der Waals surface area contributed by atoms with Crippen molar-refractivity contribution in [2.75, 3.05) is 26.8 Å². The summed E-state index contributed by atoms with van der Waals surface area (Å²) >= 11 is 0. The summed E-state index contributed by atoms with van der Waals surface area (Å²) in [4.78, 5) is 0. The minimum Gasteiger partial charge on any atom is -0.493 e. The zero-order valence-corrected chi connectivity index (χ0v) is 9.03. The lowest BCUT2D eigenvalue weighted by atomic mass is 10.1. The molecule has 15 heavy (non-hydrogen) atoms. The summed E-state index contributed by atoms with van der Waals surface area (Å²) in [6.45, 7) is 2.95. The van der Waals surface area contributed by atoms with E-state index in [1.807, 2.05) is 24.3 Å². The van der Waals surface area contributed by atoms with Gasteiger partial charge in [0.25, 0.3) is 0 Å². The van der Waals surface area contributed by atoms with Gasteiger partial charge in [0.2, 0.25) is 0 Å². The predicted octanol–water partition coefficient (Wildman–Crippen LogP) is 1.68. The van der Waals surface area contributed by atoms with Crippen LogP contribution in [0.4, 0.5) is 0 Å². The Kier molecular flexibility index (Phi) is 3.45. The fraction of sp³-hybridized carbons (Fsp3) is 0.500. The fourth-order valence-electron chi connectivity index (χ4n) is 1.80. The topological polar surface area (TPSA) is 30.5 Å². The number of rotatable bonds is 4. The molecule has 1 N–H and O–H groups in total. The summed E-state index contributed by atoms with van der Waals surface area (Å²) in [5, 5.41) is 3.33. The van der Waals surface area contributed by atoms with Gasteiger partial charge in [0, 0.05) is 12.5 Å². The highest BCUT2D eigenvalue weighted by molar-refractivity contribution is 5.39. The summed E-state index contributed by atoms with van der Waals surface area (Å²) in [7, 11) is 1.67. The third-order valence-corrected chi connectivity index (χ3v) is 2.71. The molecule has 0 spiro atoms. The molecule has 0 aliphatic carbocycles. The highest BCUT2D eigenvalue weighted by Crippen LogP contribution is 2.26. The predicted molar refractivity (Wildman–Crippen MR) is 59.5 cm³/mol. The molecule has 1 fully saturated rings. The Labute approximate surface area is 90.4 Å². The van der Waals surface area contributed by atoms with Crippen molar-refractivity contribution in [2.24, 2.45) is 5.92 Å². The van der Waals surface area contributed by atoms with Gasteiger partial charge in [-0.15, -0.1) is 0 Å². The quantitative estimate of drug-likeness (QED) is 0.815. The first kappa shape index (κ1) is 10.3. The average molecular weight is 207 g/mol. The van der Waals surface area contributed by atoms with E-state index in [9.17, 15) is 0 Å². The summed E-state index contributed by atoms with van der Waals surface area (Å²) < 4.78 is 11.0. The molecule has 1 aromatic rings. The number of para-hydroxylation sites is 2. The molecule has 0 unspecified atom stereocenters. The number of methoxy groups -OCH3 is 1. The lowest BCUT2D eigenvalue weighted by Crippen LogP contribution is -2.15. The smallest absolute Gasteiger partial charge is 0.161 e. The number of benzene rings is 1. The van der Waals surface area contributed by atoms with Gasteiger partial charge in [0.1, 0.15) is 0 Å². The van der Waals surface area contributed by atoms with Crippen LogP contribution in [0.1, 0.15) is 6.42 Å². The molecular weight excluding hydrogens is 190 g/mol. The molecule has 0 saturated carbocycles. The van der Waals surface area contributed by atoms with Crippen LogP contribution >= 0.6 is 0 Å². The maximum absolute atomic E-state index is 5.75. The minimum absolute atomic E-state index is 0.634. The van der Waals surface area contributed by atoms with Crippen molar-refractivity contribution < 1.29 is 9.47 Å². The number of hydrogen-bond acceptors (Lipinski definition) is 3. The summed E-state index contributed by atoms with van der Waals surface area (Å²) in [6.07, 6.45) is 1.20. The maximum Gasteiger partial charge on any atom is 0.161 e. The van der Waals surface area contributed by atoms with Crippen LogP contribution in [0.2, 0.25) is 0 Å². The maximum atomic E-state index is 5.75. The highest BCUT2D eigenvalue weighted by Gasteiger charge is 2.15. The van der Waals surface area contributed by atoms with Crippen LogP contribution in [0.25, 0.3) is 0 Å². The van der Waals surface area contributed by atoms with E-state index in [0.717, 1.165) is 31.2 Å². The number of nitrogens with one attached hydrogen (secondary N) is 1. The van der Waals surface area contributed by atoms with E-state index >= 15 is 0 Å². The fourth-order valence-corrected chi connectivity index (χ4v) is 1.80. The molecular formula is C12H17NO2. The van der Waals surface area contributed by atoms with E-state index in [4.69, 9.17) is 9.47 Å². The van der Waals surface area contributed by atoms with Gasteiger partial charge in [-0.1, -0.05) is 12.1 Å². The Bertz CT molecular complexity index is 308. The van der Waals surface area contributed by atoms with Crippen LogP contribution in [0, 0.1) is 5.92 Å². The van der Waals surface area contributed by atoms with Gasteiger partial charge < -0.3 is 14.8 Å². The molecule has 3 heteroatoms. The van der Waals surface area contributed by atoms with Gasteiger partial charge >= 0.3 is 0 Å². The van der Waals surface area contributed by atoms with Crippen LogP contribution in [0.5, 0.6) is 11.5 Å². The molecule has 1 atom stereocenters. The molecule has 1 aromatic carbocycles. The van der Waals surface area contributed by atoms with Gasteiger partial charge in [0.15, 0.2) is 11.5 Å². The second kappa shape index (κ2) is 5.03. The third-order valence-electron chi connectivity index (χ3n) is 2.71. The first-order chi connectivity index (χ1) is 7.40. The van der Waals surface area contributed by atoms with E-state index in [1.165, 1.54) is 6.42 Å². The van der Waals surface area contributed by atoms with Crippen LogP contribution in [-0.2, 0) is 0 Å². The molecule has 1 aliphatic rings. The Hall–Kier alpha value is -1.22. The SMILES string of the molecule is COc1ccccc1OC[C@@H]1CCNC1. The molecule has 3 nitrogen and oxygen atoms in total. The van der Waals surface area contributed by atoms with Crippen molar-refractivity contribution in [2.45, 2.75) is 6.42 Å². The lowest BCUT2D eigenvalue weighted by Gasteiger charge is -2.13. The van der Waals surface area contributed by atoms with Crippen molar-refractivity contribution in [1.29, 1.82) is 0 Å². The second-order valence-corrected chi connectivity index (χ2v) is 3.82. The normalized spacial score (nSPS) is 20.2. The van der Waals surface area contributed by atoms with Crippen molar-refractivity contribution in [3.05, 3.63) is 24.3 Å². The van der Waals surface area contributed by atoms with Crippen molar-refractivity contribution in [3.63, 3.8) is 0 Å². The van der Waals surface area contributed by atoms with Crippen LogP contribution < -0.4 is 14.8 Å². The van der Waals surface area contributed by atoms with E-state index < -0.39 is 0 Å². The van der Waals surface area contributed by atoms with Crippen molar-refractivity contribution >= 4 is 0 Å². The summed E-state index contributed by atoms with van der Waals surface area (Å²) in [5.41, 5.74) is 0. The molecule has 0 radical (unpaired) electrons. The van der Waals surface area contributed by atoms with Gasteiger partial charge in [0.05, 0.1) is 13.7 Å². The van der Waals surface area contributed by atoms with Crippen molar-refractivity contribution in [1.82, 2.24) is 5.32 Å². The van der Waals surface area contributed by atoms with E-state index in [0.29, 0.717) is 5.92 Å². The molecule has 1 saturated heterocycles. The first-order valence-electron chi connectivity index (χ1n) is 5.36. The molecule has 1 aliphatic heterocycles. The average Bonchev–Trinajstić information content (AvgIpc) is 2.79. The zero-order valence-electron chi connectivity index (χ0n) is 9.03. The van der Waals surface area contributed by atoms with Gasteiger partial charge in [-0.05, 0) is 25.1 Å². The Morgan fingerprint density at radius 2 is 2.13 bits per heavy atom. The summed E-state index contributed by atoms with van der Waals surface area (Å²) in [5.74, 6) is 2.28. The lowest BCUT2D eigenvalue weighted by molar-refractivity contribution is 0.247. The molecule has 0 bridgehead atoms. The molecule has 0 amide bonds. The van der Waals surface area contributed by atoms with Crippen LogP contribution in [-0.4, -0.2) is 26.8 Å². The van der Waals surface area contributed by atoms with Crippen molar-refractivity contribution in [3.8, 4) is 11.5 Å². The monoisotopic (exact) mass is 207 g/mol. The third kappa shape index (κ3) is 2.63. The minimum atomic E-state index is 0.634. The number of hydrogen-bond donors (Lipinski definition) is 1. The molecule has 2 rings (SSSR count). The molecule has 1 heterocycles. The summed E-state index contributed by atoms with van der Waals surface area (Å²) in [6, 6.07) is 7.77. The second-order valence-electron chi connectivity index (χ2n) is 3.82. The van der Waals surface area contributed by atoms with Crippen LogP contribution in [0.3, 0.4) is 0 Å². The standard InChI is InChI=1S/C12H17NO2/c1-14-11-4-2-3-5-12(11)15-9-10-6-7-13-8-10/h2-5,10,13H,6-9H2,1H3/t10-/m1/s1. The molecule has 0 aromatic heterocycles. The van der Waals surface area contributed by atoms with E-state index in [-0.39, 0.29) is 0 Å².